The molecule has 0 aromatic heterocycles. The van der Waals surface area contributed by atoms with Gasteiger partial charge in [-0.05, 0) is 36.6 Å². The summed E-state index contributed by atoms with van der Waals surface area (Å²) in [6.45, 7) is 2.19. The molecule has 0 N–H and O–H groups in total. The van der Waals surface area contributed by atoms with Crippen LogP contribution in [0.1, 0.15) is 24.5 Å². The highest BCUT2D eigenvalue weighted by atomic mass is 35.5. The number of hydrogen-bond donors (Lipinski definition) is 0. The zero-order valence-electron chi connectivity index (χ0n) is 15.1. The number of carbonyl (C=O) groups excluding carboxylic acids is 2. The van der Waals surface area contributed by atoms with Crippen LogP contribution in [-0.4, -0.2) is 24.6 Å². The second-order valence-electron chi connectivity index (χ2n) is 5.86. The fraction of sp³-hybridized carbons (Fsp3) is 0.286. The van der Waals surface area contributed by atoms with Crippen molar-refractivity contribution >= 4 is 29.6 Å². The van der Waals surface area contributed by atoms with E-state index < -0.39 is 11.9 Å². The molecule has 0 aliphatic carbocycles. The second-order valence-corrected chi connectivity index (χ2v) is 6.29. The molecule has 27 heavy (non-hydrogen) atoms. The van der Waals surface area contributed by atoms with Crippen molar-refractivity contribution in [3.63, 3.8) is 0 Å². The molecule has 0 spiro atoms. The van der Waals surface area contributed by atoms with Crippen LogP contribution in [0.15, 0.2) is 59.8 Å². The number of Topliss-reactive ketones (excluding diaryl/α,β-unsaturated/α-hetero) is 1. The summed E-state index contributed by atoms with van der Waals surface area (Å²) in [6.07, 6.45) is 1.66. The van der Waals surface area contributed by atoms with E-state index in [1.54, 1.807) is 19.1 Å². The Balaban J connectivity index is 1.89. The Morgan fingerprint density at radius 3 is 2.56 bits per heavy atom. The molecular formula is C21H22ClNO4. The van der Waals surface area contributed by atoms with Crippen molar-refractivity contribution in [1.29, 1.82) is 0 Å². The van der Waals surface area contributed by atoms with E-state index in [1.807, 2.05) is 42.5 Å². The number of ketones is 1. The van der Waals surface area contributed by atoms with Gasteiger partial charge in [0.05, 0.1) is 12.8 Å². The minimum atomic E-state index is -0.855. The smallest absolute Gasteiger partial charge is 0.316 e. The average molecular weight is 388 g/mol. The molecule has 0 radical (unpaired) electrons. The minimum absolute atomic E-state index is 0.00808. The van der Waals surface area contributed by atoms with E-state index in [0.717, 1.165) is 11.1 Å². The van der Waals surface area contributed by atoms with Crippen molar-refractivity contribution in [2.75, 3.05) is 6.61 Å². The largest absolute Gasteiger partial charge is 0.465 e. The number of nitrogens with zero attached hydrogens (tertiary/aromatic N) is 1. The highest BCUT2D eigenvalue weighted by Gasteiger charge is 2.27. The van der Waals surface area contributed by atoms with E-state index in [9.17, 15) is 9.59 Å². The first kappa shape index (κ1) is 20.6. The number of benzene rings is 2. The lowest BCUT2D eigenvalue weighted by molar-refractivity contribution is -0.151. The Morgan fingerprint density at radius 2 is 1.85 bits per heavy atom. The molecule has 0 saturated carbocycles. The minimum Gasteiger partial charge on any atom is -0.465 e. The highest BCUT2D eigenvalue weighted by molar-refractivity contribution is 6.30. The molecule has 2 rings (SSSR count). The molecule has 0 amide bonds. The zero-order valence-corrected chi connectivity index (χ0v) is 15.9. The number of oxime groups is 1. The molecule has 0 saturated heterocycles. The second kappa shape index (κ2) is 11.1. The summed E-state index contributed by atoms with van der Waals surface area (Å²) in [5, 5.41) is 4.41. The van der Waals surface area contributed by atoms with E-state index in [0.29, 0.717) is 11.4 Å². The standard InChI is InChI=1S/C21H22ClNO4/c1-2-26-21(25)19(14-16-7-4-3-5-8-16)20(24)11-12-23-27-15-17-9-6-10-18(22)13-17/h3-10,12-13,19H,2,11,14-15H2,1H3/b23-12-/t19-/m1/s1. The van der Waals surface area contributed by atoms with Gasteiger partial charge >= 0.3 is 5.97 Å². The van der Waals surface area contributed by atoms with Crippen LogP contribution >= 0.6 is 11.6 Å². The summed E-state index contributed by atoms with van der Waals surface area (Å²) >= 11 is 5.90. The van der Waals surface area contributed by atoms with Gasteiger partial charge in [-0.25, -0.2) is 0 Å². The van der Waals surface area contributed by atoms with Crippen LogP contribution in [0.5, 0.6) is 0 Å². The number of halogens is 1. The first-order chi connectivity index (χ1) is 13.1. The third kappa shape index (κ3) is 7.23. The van der Waals surface area contributed by atoms with Crippen molar-refractivity contribution in [2.24, 2.45) is 11.1 Å². The molecule has 6 heteroatoms. The summed E-state index contributed by atoms with van der Waals surface area (Å²) in [7, 11) is 0. The van der Waals surface area contributed by atoms with Crippen LogP contribution < -0.4 is 0 Å². The molecule has 0 bridgehead atoms. The third-order valence-electron chi connectivity index (χ3n) is 3.80. The molecule has 0 heterocycles. The van der Waals surface area contributed by atoms with Crippen LogP contribution in [0.2, 0.25) is 5.02 Å². The van der Waals surface area contributed by atoms with E-state index >= 15 is 0 Å². The summed E-state index contributed by atoms with van der Waals surface area (Å²) in [5.74, 6) is -1.63. The van der Waals surface area contributed by atoms with Gasteiger partial charge < -0.3 is 9.57 Å². The molecule has 142 valence electrons. The van der Waals surface area contributed by atoms with Crippen LogP contribution in [-0.2, 0) is 32.2 Å². The molecule has 1 atom stereocenters. The van der Waals surface area contributed by atoms with Crippen molar-refractivity contribution in [1.82, 2.24) is 0 Å². The van der Waals surface area contributed by atoms with E-state index in [-0.39, 0.29) is 25.4 Å². The molecule has 2 aromatic carbocycles. The lowest BCUT2D eigenvalue weighted by Crippen LogP contribution is -2.28. The fourth-order valence-corrected chi connectivity index (χ4v) is 2.69. The van der Waals surface area contributed by atoms with Gasteiger partial charge in [0.2, 0.25) is 0 Å². The summed E-state index contributed by atoms with van der Waals surface area (Å²) in [5.41, 5.74) is 1.78. The quantitative estimate of drug-likeness (QED) is 0.265. The lowest BCUT2D eigenvalue weighted by Gasteiger charge is -2.13. The SMILES string of the molecule is CCOC(=O)[C@H](Cc1ccccc1)C(=O)C/C=N\OCc1cccc(Cl)c1. The van der Waals surface area contributed by atoms with Gasteiger partial charge in [-0.1, -0.05) is 59.2 Å². The van der Waals surface area contributed by atoms with Crippen molar-refractivity contribution < 1.29 is 19.2 Å². The Kier molecular flexibility index (Phi) is 8.52. The Hall–Kier alpha value is -2.66. The maximum atomic E-state index is 12.5. The number of hydrogen-bond acceptors (Lipinski definition) is 5. The van der Waals surface area contributed by atoms with Gasteiger partial charge in [-0.15, -0.1) is 0 Å². The van der Waals surface area contributed by atoms with Gasteiger partial charge in [-0.3, -0.25) is 9.59 Å². The van der Waals surface area contributed by atoms with Crippen LogP contribution in [0.4, 0.5) is 0 Å². The molecule has 0 fully saturated rings. The van der Waals surface area contributed by atoms with Crippen molar-refractivity contribution in [3.05, 3.63) is 70.7 Å². The van der Waals surface area contributed by atoms with Gasteiger partial charge in [0, 0.05) is 11.4 Å². The zero-order chi connectivity index (χ0) is 19.5. The molecule has 0 aliphatic heterocycles. The predicted molar refractivity (Wildman–Crippen MR) is 105 cm³/mol. The summed E-state index contributed by atoms with van der Waals surface area (Å²) in [6, 6.07) is 16.6. The topological polar surface area (TPSA) is 65.0 Å². The molecular weight excluding hydrogens is 366 g/mol. The van der Waals surface area contributed by atoms with Gasteiger partial charge in [0.1, 0.15) is 12.5 Å². The number of rotatable bonds is 10. The monoisotopic (exact) mass is 387 g/mol. The molecule has 0 unspecified atom stereocenters. The first-order valence-corrected chi connectivity index (χ1v) is 9.09. The summed E-state index contributed by atoms with van der Waals surface area (Å²) < 4.78 is 5.05. The van der Waals surface area contributed by atoms with Crippen LogP contribution in [0, 0.1) is 5.92 Å². The highest BCUT2D eigenvalue weighted by Crippen LogP contribution is 2.14. The maximum absolute atomic E-state index is 12.5. The Bertz CT molecular complexity index is 777. The molecule has 5 nitrogen and oxygen atoms in total. The Morgan fingerprint density at radius 1 is 1.11 bits per heavy atom. The van der Waals surface area contributed by atoms with E-state index in [4.69, 9.17) is 21.2 Å². The lowest BCUT2D eigenvalue weighted by atomic mass is 9.94. The molecule has 2 aromatic rings. The number of carbonyl (C=O) groups is 2. The van der Waals surface area contributed by atoms with E-state index in [1.165, 1.54) is 6.21 Å². The van der Waals surface area contributed by atoms with Gasteiger partial charge in [0.15, 0.2) is 5.78 Å². The van der Waals surface area contributed by atoms with E-state index in [2.05, 4.69) is 5.16 Å². The molecule has 0 aliphatic rings. The first-order valence-electron chi connectivity index (χ1n) is 8.71. The predicted octanol–water partition coefficient (Wildman–Crippen LogP) is 4.22. The normalized spacial score (nSPS) is 11.9. The van der Waals surface area contributed by atoms with Crippen LogP contribution in [0.25, 0.3) is 0 Å². The Labute approximate surface area is 163 Å². The number of ether oxygens (including phenoxy) is 1. The summed E-state index contributed by atoms with van der Waals surface area (Å²) in [4.78, 5) is 29.8. The maximum Gasteiger partial charge on any atom is 0.316 e. The third-order valence-corrected chi connectivity index (χ3v) is 4.04. The number of esters is 1. The fourth-order valence-electron chi connectivity index (χ4n) is 2.48. The van der Waals surface area contributed by atoms with Crippen LogP contribution in [0.3, 0.4) is 0 Å². The van der Waals surface area contributed by atoms with Gasteiger partial charge in [-0.2, -0.15) is 0 Å². The average Bonchev–Trinajstić information content (AvgIpc) is 2.66. The van der Waals surface area contributed by atoms with Crippen molar-refractivity contribution in [2.45, 2.75) is 26.4 Å². The van der Waals surface area contributed by atoms with Crippen molar-refractivity contribution in [3.8, 4) is 0 Å². The van der Waals surface area contributed by atoms with Gasteiger partial charge in [0.25, 0.3) is 0 Å².